The minimum atomic E-state index is -0.440. The Balaban J connectivity index is 1.14. The number of esters is 4. The van der Waals surface area contributed by atoms with Crippen LogP contribution in [0.25, 0.3) is 46.4 Å². The van der Waals surface area contributed by atoms with Crippen LogP contribution in [0, 0.1) is 45.3 Å². The van der Waals surface area contributed by atoms with Crippen molar-refractivity contribution in [3.63, 3.8) is 0 Å². The van der Waals surface area contributed by atoms with Gasteiger partial charge in [-0.2, -0.15) is 0 Å². The van der Waals surface area contributed by atoms with Crippen LogP contribution in [0.3, 0.4) is 0 Å². The molecule has 12 bridgehead atoms. The highest BCUT2D eigenvalue weighted by atomic mass is 16.5. The van der Waals surface area contributed by atoms with Crippen LogP contribution in [0.1, 0.15) is 227 Å². The Hall–Kier alpha value is -5.52. The van der Waals surface area contributed by atoms with Gasteiger partial charge in [-0.3, -0.25) is 19.2 Å². The molecule has 0 amide bonds. The number of cyclic esters (lactones) is 4. The van der Waals surface area contributed by atoms with Gasteiger partial charge in [-0.1, -0.05) is 132 Å². The Morgan fingerprint density at radius 2 is 0.526 bits per heavy atom. The number of aromatic amines is 2. The predicted molar refractivity (Wildman–Crippen MR) is 297 cm³/mol. The van der Waals surface area contributed by atoms with Crippen molar-refractivity contribution in [1.29, 1.82) is 0 Å². The zero-order chi connectivity index (χ0) is 53.3. The molecule has 0 radical (unpaired) electrons. The zero-order valence-corrected chi connectivity index (χ0v) is 46.5. The van der Waals surface area contributed by atoms with Crippen LogP contribution in [-0.4, -0.2) is 70.2 Å². The molecular weight excluding hydrogens is 953 g/mol. The molecule has 0 saturated heterocycles. The minimum absolute atomic E-state index is 0.180. The zero-order valence-electron chi connectivity index (χ0n) is 46.5. The normalized spacial score (nSPS) is 30.4. The van der Waals surface area contributed by atoms with Crippen LogP contribution >= 0.6 is 0 Å². The number of carbonyl (C=O) groups is 4. The summed E-state index contributed by atoms with van der Waals surface area (Å²) in [5.41, 5.74) is 8.27. The number of nitrogens with zero attached hydrogens (tertiary/aromatic N) is 2. The van der Waals surface area contributed by atoms with Gasteiger partial charge in [0.25, 0.3) is 0 Å². The summed E-state index contributed by atoms with van der Waals surface area (Å²) in [4.78, 5) is 76.1. The van der Waals surface area contributed by atoms with Crippen molar-refractivity contribution in [2.45, 2.75) is 182 Å². The molecule has 3 aromatic heterocycles. The summed E-state index contributed by atoms with van der Waals surface area (Å²) in [6.45, 7) is 18.8. The van der Waals surface area contributed by atoms with Crippen LogP contribution in [0.5, 0.6) is 0 Å². The molecule has 12 heteroatoms. The Kier molecular flexibility index (Phi) is 14.1. The van der Waals surface area contributed by atoms with Crippen LogP contribution in [0.4, 0.5) is 0 Å². The van der Waals surface area contributed by atoms with E-state index < -0.39 is 45.3 Å². The molecule has 8 atom stereocenters. The average molecular weight is 1040 g/mol. The van der Waals surface area contributed by atoms with E-state index in [2.05, 4.69) is 114 Å². The number of carbonyl (C=O) groups excluding carboxylic acids is 4. The summed E-state index contributed by atoms with van der Waals surface area (Å²) < 4.78 is 24.5. The molecule has 0 spiro atoms. The van der Waals surface area contributed by atoms with Gasteiger partial charge in [0.05, 0.1) is 72.9 Å². The highest BCUT2D eigenvalue weighted by Gasteiger charge is 2.67. The number of rotatable bonds is 0. The first-order chi connectivity index (χ1) is 36.5. The van der Waals surface area contributed by atoms with E-state index in [9.17, 15) is 19.2 Å². The molecule has 7 heterocycles. The Bertz CT molecular complexity index is 2630. The average Bonchev–Trinajstić information content (AvgIpc) is 4.11. The van der Waals surface area contributed by atoms with Gasteiger partial charge in [0.2, 0.25) is 0 Å². The fourth-order valence-corrected chi connectivity index (χ4v) is 14.6. The second-order valence-electron chi connectivity index (χ2n) is 26.1. The van der Waals surface area contributed by atoms with E-state index >= 15 is 0 Å². The lowest BCUT2D eigenvalue weighted by molar-refractivity contribution is -0.147. The second-order valence-corrected chi connectivity index (χ2v) is 26.1. The first kappa shape index (κ1) is 52.5. The standard InChI is InChI=1S/C64H82N4O8/c1-61(2)49-45-37-25-26-38(65-37)46(50-54(62(50,3)4)58(70)74-34-22-18-14-10-9-13-17-21-33-73-57(69)53(49)61)43-31-32-44(68-43)48-40-28-27-39(66-40)47(42-30-29-41(45)67-42)51-55(63(51,5)6)59(71)75-35-23-19-15-11-12-16-20-24-36-76-60(72)56-52(48)64(56,7)8/h25-32,49-56,67-68H,9-24,33-36H2,1-8H3/t49?,50?,51?,52?,53-,54-,55-,56-/m0/s1. The quantitative estimate of drug-likeness (QED) is 0.113. The number of ether oxygens (including phenoxy) is 4. The van der Waals surface area contributed by atoms with E-state index in [4.69, 9.17) is 28.9 Å². The van der Waals surface area contributed by atoms with Crippen molar-refractivity contribution in [3.8, 4) is 0 Å². The van der Waals surface area contributed by atoms with Crippen LogP contribution in [0.15, 0.2) is 24.3 Å². The third kappa shape index (κ3) is 9.57. The Morgan fingerprint density at radius 1 is 0.329 bits per heavy atom. The minimum Gasteiger partial charge on any atom is -0.465 e. The van der Waals surface area contributed by atoms with Gasteiger partial charge in [-0.05, 0) is 95.9 Å². The maximum Gasteiger partial charge on any atom is 0.310 e. The van der Waals surface area contributed by atoms with E-state index in [-0.39, 0.29) is 47.5 Å². The van der Waals surface area contributed by atoms with Gasteiger partial charge in [0.1, 0.15) is 0 Å². The van der Waals surface area contributed by atoms with Crippen LogP contribution in [0.2, 0.25) is 0 Å². The number of hydrogen-bond acceptors (Lipinski definition) is 10. The molecule has 3 aromatic rings. The lowest BCUT2D eigenvalue weighted by Gasteiger charge is -2.08. The SMILES string of the molecule is CC1(C)C2c3c4nc(c(c5ccc([nH]5)c5c6nc(c(c7ccc3[nH]7)C3[C@@H](C(=O)OCCCCCCCCCCOC(=O)[C@@H]7C5C7(C)C)C3(C)C)C=C6)C3[C@@H](C(=O)OCCCCCCCCCCOC(=O)[C@H]21)C3(C)C)C=C4. The molecule has 4 saturated carbocycles. The molecular formula is C64H82N4O8. The Morgan fingerprint density at radius 3 is 0.737 bits per heavy atom. The molecule has 4 aliphatic heterocycles. The maximum absolute atomic E-state index is 14.3. The summed E-state index contributed by atoms with van der Waals surface area (Å²) in [5.74, 6) is -3.18. The summed E-state index contributed by atoms with van der Waals surface area (Å²) in [6.07, 6.45) is 24.5. The molecule has 12 nitrogen and oxygen atoms in total. The van der Waals surface area contributed by atoms with E-state index in [1.165, 1.54) is 0 Å². The first-order valence-corrected chi connectivity index (χ1v) is 29.3. The lowest BCUT2D eigenvalue weighted by atomic mass is 10.0. The maximum atomic E-state index is 14.3. The van der Waals surface area contributed by atoms with Gasteiger partial charge >= 0.3 is 23.9 Å². The number of fused-ring (bicyclic) bond motifs is 16. The summed E-state index contributed by atoms with van der Waals surface area (Å²) in [5, 5.41) is 0. The number of aromatic nitrogens is 4. The summed E-state index contributed by atoms with van der Waals surface area (Å²) in [7, 11) is 0. The first-order valence-electron chi connectivity index (χ1n) is 29.3. The molecule has 4 aliphatic carbocycles. The summed E-state index contributed by atoms with van der Waals surface area (Å²) in [6, 6.07) is 8.40. The summed E-state index contributed by atoms with van der Waals surface area (Å²) >= 11 is 0. The largest absolute Gasteiger partial charge is 0.465 e. The molecule has 2 N–H and O–H groups in total. The topological polar surface area (TPSA) is 163 Å². The van der Waals surface area contributed by atoms with Crippen molar-refractivity contribution in [2.75, 3.05) is 26.4 Å². The second kappa shape index (κ2) is 20.4. The fraction of sp³-hybridized carbons (Fsp3) is 0.625. The third-order valence-corrected chi connectivity index (χ3v) is 19.5. The number of nitrogens with one attached hydrogen (secondary N) is 2. The van der Waals surface area contributed by atoms with Gasteiger partial charge in [0.15, 0.2) is 0 Å². The predicted octanol–water partition coefficient (Wildman–Crippen LogP) is 14.1. The Labute approximate surface area is 449 Å². The van der Waals surface area contributed by atoms with E-state index in [0.29, 0.717) is 26.4 Å². The monoisotopic (exact) mass is 1030 g/mol. The van der Waals surface area contributed by atoms with Crippen LogP contribution in [-0.2, 0) is 38.1 Å². The van der Waals surface area contributed by atoms with E-state index in [1.54, 1.807) is 0 Å². The highest BCUT2D eigenvalue weighted by Crippen LogP contribution is 2.70. The van der Waals surface area contributed by atoms with Crippen molar-refractivity contribution in [1.82, 2.24) is 19.9 Å². The lowest BCUT2D eigenvalue weighted by Crippen LogP contribution is -2.11. The smallest absolute Gasteiger partial charge is 0.310 e. The van der Waals surface area contributed by atoms with Gasteiger partial charge in [-0.15, -0.1) is 0 Å². The molecule has 4 fully saturated rings. The van der Waals surface area contributed by atoms with E-state index in [0.717, 1.165) is 170 Å². The van der Waals surface area contributed by atoms with Gasteiger partial charge < -0.3 is 28.9 Å². The molecule has 76 heavy (non-hydrogen) atoms. The van der Waals surface area contributed by atoms with E-state index in [1.807, 2.05) is 0 Å². The fourth-order valence-electron chi connectivity index (χ4n) is 14.6. The molecule has 406 valence electrons. The molecule has 0 aromatic carbocycles. The number of H-pyrrole nitrogens is 2. The van der Waals surface area contributed by atoms with Crippen molar-refractivity contribution in [3.05, 3.63) is 69.3 Å². The molecule has 8 aliphatic rings. The third-order valence-electron chi connectivity index (χ3n) is 19.5. The van der Waals surface area contributed by atoms with Gasteiger partial charge in [-0.25, -0.2) is 9.97 Å². The number of hydrogen-bond donors (Lipinski definition) is 2. The van der Waals surface area contributed by atoms with Crippen molar-refractivity contribution in [2.24, 2.45) is 45.3 Å². The van der Waals surface area contributed by atoms with Crippen molar-refractivity contribution < 1.29 is 38.1 Å². The van der Waals surface area contributed by atoms with Gasteiger partial charge in [0, 0.05) is 68.0 Å². The van der Waals surface area contributed by atoms with Crippen molar-refractivity contribution >= 4 is 70.2 Å². The highest BCUT2D eigenvalue weighted by molar-refractivity contribution is 5.91. The molecule has 4 unspecified atom stereocenters. The van der Waals surface area contributed by atoms with Crippen LogP contribution < -0.4 is 0 Å². The molecule has 11 rings (SSSR count).